The van der Waals surface area contributed by atoms with E-state index in [0.717, 1.165) is 59.9 Å². The van der Waals surface area contributed by atoms with Gasteiger partial charge in [0.05, 0.1) is 11.4 Å². The molecular formula is C27H26N8O. The fourth-order valence-corrected chi connectivity index (χ4v) is 4.72. The quantitative estimate of drug-likeness (QED) is 0.408. The van der Waals surface area contributed by atoms with Gasteiger partial charge in [0.25, 0.3) is 0 Å². The van der Waals surface area contributed by atoms with Gasteiger partial charge in [0.15, 0.2) is 11.6 Å². The Morgan fingerprint density at radius 3 is 2.50 bits per heavy atom. The molecule has 1 N–H and O–H groups in total. The lowest BCUT2D eigenvalue weighted by Gasteiger charge is -2.32. The van der Waals surface area contributed by atoms with Crippen molar-refractivity contribution < 1.29 is 4.79 Å². The van der Waals surface area contributed by atoms with Crippen LogP contribution in [0.4, 0.5) is 11.5 Å². The van der Waals surface area contributed by atoms with E-state index in [1.54, 1.807) is 10.9 Å². The summed E-state index contributed by atoms with van der Waals surface area (Å²) in [5, 5.41) is 16.0. The minimum absolute atomic E-state index is 0.0437. The first-order valence-corrected chi connectivity index (χ1v) is 12.1. The van der Waals surface area contributed by atoms with Crippen LogP contribution in [-0.4, -0.2) is 48.4 Å². The third kappa shape index (κ3) is 4.19. The molecule has 9 heteroatoms. The first kappa shape index (κ1) is 22.0. The number of hydrogen-bond acceptors (Lipinski definition) is 6. The molecular weight excluding hydrogens is 452 g/mol. The summed E-state index contributed by atoms with van der Waals surface area (Å²) in [6.45, 7) is 3.55. The lowest BCUT2D eigenvalue weighted by molar-refractivity contribution is -0.120. The van der Waals surface area contributed by atoms with Gasteiger partial charge in [-0.1, -0.05) is 24.3 Å². The van der Waals surface area contributed by atoms with E-state index in [4.69, 9.17) is 4.98 Å². The van der Waals surface area contributed by atoms with Gasteiger partial charge in [-0.15, -0.1) is 10.2 Å². The molecule has 0 unspecified atom stereocenters. The molecule has 0 bridgehead atoms. The highest BCUT2D eigenvalue weighted by molar-refractivity contribution is 5.96. The molecule has 0 radical (unpaired) electrons. The summed E-state index contributed by atoms with van der Waals surface area (Å²) in [4.78, 5) is 20.2. The Morgan fingerprint density at radius 1 is 0.944 bits per heavy atom. The summed E-state index contributed by atoms with van der Waals surface area (Å²) in [7, 11) is 0. The maximum atomic E-state index is 13.2. The van der Waals surface area contributed by atoms with Crippen molar-refractivity contribution in [3.05, 3.63) is 84.9 Å². The number of carbonyl (C=O) groups is 1. The van der Waals surface area contributed by atoms with Gasteiger partial charge in [0.1, 0.15) is 5.65 Å². The van der Waals surface area contributed by atoms with Crippen molar-refractivity contribution in [2.24, 2.45) is 5.92 Å². The van der Waals surface area contributed by atoms with Crippen molar-refractivity contribution in [1.82, 2.24) is 29.4 Å². The number of amides is 1. The number of aromatic nitrogens is 6. The van der Waals surface area contributed by atoms with Crippen LogP contribution in [0.1, 0.15) is 18.4 Å². The molecule has 1 aliphatic rings. The van der Waals surface area contributed by atoms with Crippen LogP contribution in [0.2, 0.25) is 0 Å². The van der Waals surface area contributed by atoms with Gasteiger partial charge in [-0.05, 0) is 55.7 Å². The first-order chi connectivity index (χ1) is 17.7. The molecule has 5 heterocycles. The lowest BCUT2D eigenvalue weighted by atomic mass is 9.95. The van der Waals surface area contributed by atoms with Crippen molar-refractivity contribution in [3.8, 4) is 17.1 Å². The summed E-state index contributed by atoms with van der Waals surface area (Å²) in [6, 6.07) is 17.6. The number of fused-ring (bicyclic) bond motifs is 1. The van der Waals surface area contributed by atoms with Crippen molar-refractivity contribution in [1.29, 1.82) is 0 Å². The smallest absolute Gasteiger partial charge is 0.227 e. The second-order valence-electron chi connectivity index (χ2n) is 9.04. The molecule has 1 aliphatic heterocycles. The van der Waals surface area contributed by atoms with Gasteiger partial charge in [0, 0.05) is 49.4 Å². The number of carbonyl (C=O) groups excluding carboxylic acids is 1. The highest BCUT2D eigenvalue weighted by atomic mass is 16.1. The van der Waals surface area contributed by atoms with Gasteiger partial charge in [0.2, 0.25) is 5.91 Å². The number of aryl methyl sites for hydroxylation is 1. The molecule has 0 spiro atoms. The van der Waals surface area contributed by atoms with E-state index in [-0.39, 0.29) is 11.8 Å². The van der Waals surface area contributed by atoms with E-state index in [0.29, 0.717) is 5.82 Å². The van der Waals surface area contributed by atoms with Gasteiger partial charge < -0.3 is 14.6 Å². The van der Waals surface area contributed by atoms with Crippen LogP contribution in [-0.2, 0) is 4.79 Å². The Kier molecular flexibility index (Phi) is 5.65. The van der Waals surface area contributed by atoms with E-state index in [9.17, 15) is 4.79 Å². The van der Waals surface area contributed by atoms with Crippen LogP contribution in [0.3, 0.4) is 0 Å². The van der Waals surface area contributed by atoms with Crippen LogP contribution in [0.15, 0.2) is 79.4 Å². The zero-order chi connectivity index (χ0) is 24.5. The topological polar surface area (TPSA) is 93.2 Å². The SMILES string of the molecule is Cc1cccn2cc(-c3ccccc3NC(=O)C3CCN(c4ccc(-n5cccn5)nn4)CC3)nc12. The standard InChI is InChI=1S/C27H26N8O/c1-19-6-4-14-34-18-23(29-26(19)34)21-7-2-3-8-22(21)30-27(36)20-11-16-33(17-12-20)24-9-10-25(32-31-24)35-15-5-13-28-35/h2-10,13-15,18,20H,11-12,16-17H2,1H3,(H,30,36). The molecule has 180 valence electrons. The van der Waals surface area contributed by atoms with E-state index >= 15 is 0 Å². The Morgan fingerprint density at radius 2 is 1.75 bits per heavy atom. The summed E-state index contributed by atoms with van der Waals surface area (Å²) in [6.07, 6.45) is 9.05. The molecule has 0 aliphatic carbocycles. The average Bonchev–Trinajstić information content (AvgIpc) is 3.61. The number of para-hydroxylation sites is 1. The van der Waals surface area contributed by atoms with Gasteiger partial charge >= 0.3 is 0 Å². The van der Waals surface area contributed by atoms with Crippen LogP contribution >= 0.6 is 0 Å². The minimum Gasteiger partial charge on any atom is -0.355 e. The van der Waals surface area contributed by atoms with E-state index in [1.165, 1.54) is 0 Å². The lowest BCUT2D eigenvalue weighted by Crippen LogP contribution is -2.38. The fraction of sp³-hybridized carbons (Fsp3) is 0.222. The molecule has 0 saturated carbocycles. The largest absolute Gasteiger partial charge is 0.355 e. The van der Waals surface area contributed by atoms with E-state index in [2.05, 4.69) is 25.5 Å². The van der Waals surface area contributed by atoms with Gasteiger partial charge in [-0.2, -0.15) is 5.10 Å². The molecule has 1 aromatic carbocycles. The summed E-state index contributed by atoms with van der Waals surface area (Å²) in [5.74, 6) is 1.48. The molecule has 1 saturated heterocycles. The monoisotopic (exact) mass is 478 g/mol. The maximum Gasteiger partial charge on any atom is 0.227 e. The number of benzene rings is 1. The van der Waals surface area contributed by atoms with E-state index < -0.39 is 0 Å². The van der Waals surface area contributed by atoms with Crippen LogP contribution in [0, 0.1) is 12.8 Å². The van der Waals surface area contributed by atoms with Crippen LogP contribution < -0.4 is 10.2 Å². The maximum absolute atomic E-state index is 13.2. The normalized spacial score (nSPS) is 14.3. The molecule has 1 amide bonds. The first-order valence-electron chi connectivity index (χ1n) is 12.1. The summed E-state index contributed by atoms with van der Waals surface area (Å²) < 4.78 is 3.70. The second-order valence-corrected chi connectivity index (χ2v) is 9.04. The number of nitrogens with one attached hydrogen (secondary N) is 1. The Hall–Kier alpha value is -4.53. The third-order valence-electron chi connectivity index (χ3n) is 6.70. The highest BCUT2D eigenvalue weighted by Crippen LogP contribution is 2.30. The minimum atomic E-state index is -0.0612. The van der Waals surface area contributed by atoms with Crippen molar-refractivity contribution in [2.45, 2.75) is 19.8 Å². The Balaban J connectivity index is 1.12. The third-order valence-corrected chi connectivity index (χ3v) is 6.70. The number of anilines is 2. The summed E-state index contributed by atoms with van der Waals surface area (Å²) in [5.41, 5.74) is 4.57. The molecule has 9 nitrogen and oxygen atoms in total. The molecule has 5 aromatic rings. The molecule has 4 aromatic heterocycles. The highest BCUT2D eigenvalue weighted by Gasteiger charge is 2.26. The van der Waals surface area contributed by atoms with Crippen LogP contribution in [0.5, 0.6) is 0 Å². The predicted octanol–water partition coefficient (Wildman–Crippen LogP) is 4.14. The zero-order valence-corrected chi connectivity index (χ0v) is 20.0. The number of imidazole rings is 1. The number of nitrogens with zero attached hydrogens (tertiary/aromatic N) is 7. The number of hydrogen-bond donors (Lipinski definition) is 1. The van der Waals surface area contributed by atoms with Gasteiger partial charge in [-0.3, -0.25) is 4.79 Å². The average molecular weight is 479 g/mol. The molecule has 6 rings (SSSR count). The molecule has 0 atom stereocenters. The van der Waals surface area contributed by atoms with Crippen molar-refractivity contribution in [2.75, 3.05) is 23.3 Å². The van der Waals surface area contributed by atoms with Crippen molar-refractivity contribution >= 4 is 23.1 Å². The number of rotatable bonds is 5. The predicted molar refractivity (Wildman–Crippen MR) is 138 cm³/mol. The molecule has 36 heavy (non-hydrogen) atoms. The zero-order valence-electron chi connectivity index (χ0n) is 20.0. The van der Waals surface area contributed by atoms with Gasteiger partial charge in [-0.25, -0.2) is 9.67 Å². The van der Waals surface area contributed by atoms with Crippen LogP contribution in [0.25, 0.3) is 22.7 Å². The number of piperidine rings is 1. The fourth-order valence-electron chi connectivity index (χ4n) is 4.72. The number of pyridine rings is 1. The Labute approximate surface area is 208 Å². The second kappa shape index (κ2) is 9.26. The Bertz CT molecular complexity index is 1500. The molecule has 1 fully saturated rings. The van der Waals surface area contributed by atoms with Crippen molar-refractivity contribution in [3.63, 3.8) is 0 Å². The summed E-state index contributed by atoms with van der Waals surface area (Å²) >= 11 is 0. The van der Waals surface area contributed by atoms with E-state index in [1.807, 2.05) is 84.5 Å².